The standard InChI is InChI=1S/C23H25ClN6O2S/c1-12-18(28-17-6-5-13(24)11-30(12)17)19(31)27-14-9-15-20(26-10-14)32-8-7-16-23(15,4)29-21(25)22(2,3)33-16/h5-6,9-11,16H,7-8H2,1-4H3,(H2,25,29)(H,27,31). The molecule has 0 aromatic carbocycles. The molecule has 5 heterocycles. The number of aliphatic imine (C=N–C) groups is 1. The van der Waals surface area contributed by atoms with Crippen LogP contribution in [0.1, 0.15) is 48.9 Å². The van der Waals surface area contributed by atoms with Crippen LogP contribution in [0, 0.1) is 6.92 Å². The number of anilines is 1. The molecule has 0 saturated heterocycles. The molecule has 2 aliphatic heterocycles. The number of amidine groups is 1. The summed E-state index contributed by atoms with van der Waals surface area (Å²) in [6.07, 6.45) is 4.15. The highest BCUT2D eigenvalue weighted by molar-refractivity contribution is 8.02. The van der Waals surface area contributed by atoms with Crippen molar-refractivity contribution in [1.82, 2.24) is 14.4 Å². The number of hydrogen-bond acceptors (Lipinski definition) is 7. The minimum Gasteiger partial charge on any atom is -0.477 e. The van der Waals surface area contributed by atoms with Crippen LogP contribution in [0.5, 0.6) is 5.88 Å². The number of aromatic nitrogens is 3. The number of rotatable bonds is 2. The number of nitrogens with zero attached hydrogens (tertiary/aromatic N) is 4. The van der Waals surface area contributed by atoms with Gasteiger partial charge in [0.1, 0.15) is 22.7 Å². The predicted octanol–water partition coefficient (Wildman–Crippen LogP) is 4.19. The van der Waals surface area contributed by atoms with Gasteiger partial charge in [0.15, 0.2) is 0 Å². The monoisotopic (exact) mass is 484 g/mol. The Hall–Kier alpha value is -2.78. The van der Waals surface area contributed by atoms with E-state index in [0.717, 1.165) is 12.0 Å². The maximum atomic E-state index is 13.1. The maximum absolute atomic E-state index is 13.1. The van der Waals surface area contributed by atoms with Gasteiger partial charge in [-0.2, -0.15) is 0 Å². The predicted molar refractivity (Wildman–Crippen MR) is 132 cm³/mol. The lowest BCUT2D eigenvalue weighted by atomic mass is 9.87. The van der Waals surface area contributed by atoms with Crippen LogP contribution in [0.15, 0.2) is 35.6 Å². The molecule has 172 valence electrons. The number of nitrogens with two attached hydrogens (primary N) is 1. The van der Waals surface area contributed by atoms with Gasteiger partial charge in [0.2, 0.25) is 5.88 Å². The van der Waals surface area contributed by atoms with Crippen molar-refractivity contribution in [1.29, 1.82) is 0 Å². The summed E-state index contributed by atoms with van der Waals surface area (Å²) in [7, 11) is 0. The quantitative estimate of drug-likeness (QED) is 0.564. The van der Waals surface area contributed by atoms with Crippen LogP contribution >= 0.6 is 23.4 Å². The molecule has 10 heteroatoms. The van der Waals surface area contributed by atoms with Gasteiger partial charge in [-0.25, -0.2) is 9.97 Å². The van der Waals surface area contributed by atoms with Crippen molar-refractivity contribution in [2.45, 2.75) is 49.7 Å². The zero-order chi connectivity index (χ0) is 23.5. The fourth-order valence-corrected chi connectivity index (χ4v) is 6.03. The van der Waals surface area contributed by atoms with Crippen LogP contribution < -0.4 is 15.8 Å². The molecule has 2 unspecified atom stereocenters. The fourth-order valence-electron chi connectivity index (χ4n) is 4.36. The molecule has 5 rings (SSSR count). The van der Waals surface area contributed by atoms with Crippen molar-refractivity contribution >= 4 is 46.4 Å². The van der Waals surface area contributed by atoms with Crippen LogP contribution in [-0.2, 0) is 5.54 Å². The van der Waals surface area contributed by atoms with Crippen molar-refractivity contribution in [3.63, 3.8) is 0 Å². The number of halogens is 1. The maximum Gasteiger partial charge on any atom is 0.276 e. The van der Waals surface area contributed by atoms with Gasteiger partial charge in [0.05, 0.1) is 34.0 Å². The average molecular weight is 485 g/mol. The van der Waals surface area contributed by atoms with Crippen LogP contribution in [0.3, 0.4) is 0 Å². The van der Waals surface area contributed by atoms with Crippen LogP contribution in [0.25, 0.3) is 5.65 Å². The molecule has 3 aromatic heterocycles. The first-order chi connectivity index (χ1) is 15.6. The molecular weight excluding hydrogens is 460 g/mol. The number of nitrogens with one attached hydrogen (secondary N) is 1. The first-order valence-corrected chi connectivity index (χ1v) is 12.0. The molecule has 8 nitrogen and oxygen atoms in total. The van der Waals surface area contributed by atoms with E-state index in [1.807, 2.05) is 13.0 Å². The third-order valence-corrected chi connectivity index (χ3v) is 8.34. The number of imidazole rings is 1. The fraction of sp³-hybridized carbons (Fsp3) is 0.391. The zero-order valence-electron chi connectivity index (χ0n) is 18.8. The SMILES string of the molecule is Cc1c(C(=O)Nc2cnc3c(c2)C2(C)N=C(N)C(C)(C)SC2CCO3)nc2ccc(Cl)cn12. The number of ether oxygens (including phenoxy) is 1. The second-order valence-corrected chi connectivity index (χ2v) is 11.3. The van der Waals surface area contributed by atoms with E-state index in [2.05, 4.69) is 36.1 Å². The van der Waals surface area contributed by atoms with E-state index < -0.39 is 5.54 Å². The number of pyridine rings is 2. The Morgan fingerprint density at radius 1 is 1.36 bits per heavy atom. The van der Waals surface area contributed by atoms with Gasteiger partial charge in [0, 0.05) is 17.0 Å². The summed E-state index contributed by atoms with van der Waals surface area (Å²) in [6.45, 7) is 8.61. The molecule has 2 aliphatic rings. The molecule has 0 saturated carbocycles. The topological polar surface area (TPSA) is 107 Å². The summed E-state index contributed by atoms with van der Waals surface area (Å²) >= 11 is 7.90. The molecule has 2 atom stereocenters. The Morgan fingerprint density at radius 3 is 2.94 bits per heavy atom. The number of fused-ring (bicyclic) bond motifs is 4. The summed E-state index contributed by atoms with van der Waals surface area (Å²) < 4.78 is 7.49. The normalized spacial score (nSPS) is 23.7. The van der Waals surface area contributed by atoms with Crippen molar-refractivity contribution in [2.75, 3.05) is 11.9 Å². The van der Waals surface area contributed by atoms with Gasteiger partial charge in [0.25, 0.3) is 5.91 Å². The number of carbonyl (C=O) groups is 1. The lowest BCUT2D eigenvalue weighted by Gasteiger charge is -2.43. The van der Waals surface area contributed by atoms with Gasteiger partial charge in [-0.05, 0) is 52.3 Å². The minimum absolute atomic E-state index is 0.166. The summed E-state index contributed by atoms with van der Waals surface area (Å²) in [5.74, 6) is 0.786. The lowest BCUT2D eigenvalue weighted by Crippen LogP contribution is -2.48. The Morgan fingerprint density at radius 2 is 2.15 bits per heavy atom. The summed E-state index contributed by atoms with van der Waals surface area (Å²) in [5.41, 5.74) is 8.77. The van der Waals surface area contributed by atoms with Gasteiger partial charge in [-0.15, -0.1) is 11.8 Å². The van der Waals surface area contributed by atoms with E-state index >= 15 is 0 Å². The smallest absolute Gasteiger partial charge is 0.276 e. The molecule has 0 spiro atoms. The van der Waals surface area contributed by atoms with E-state index in [4.69, 9.17) is 27.1 Å². The van der Waals surface area contributed by atoms with Gasteiger partial charge in [-0.1, -0.05) is 11.6 Å². The minimum atomic E-state index is -0.612. The summed E-state index contributed by atoms with van der Waals surface area (Å²) in [5, 5.41) is 3.67. The molecule has 0 radical (unpaired) electrons. The Kier molecular flexibility index (Phi) is 5.10. The van der Waals surface area contributed by atoms with Crippen LogP contribution in [0.2, 0.25) is 5.02 Å². The molecule has 0 bridgehead atoms. The first kappa shape index (κ1) is 22.0. The number of aryl methyl sites for hydroxylation is 1. The van der Waals surface area contributed by atoms with Crippen molar-refractivity contribution in [3.05, 3.63) is 52.6 Å². The summed E-state index contributed by atoms with van der Waals surface area (Å²) in [6, 6.07) is 5.41. The molecule has 1 amide bonds. The summed E-state index contributed by atoms with van der Waals surface area (Å²) in [4.78, 5) is 27.0. The molecule has 33 heavy (non-hydrogen) atoms. The van der Waals surface area contributed by atoms with Crippen molar-refractivity contribution < 1.29 is 9.53 Å². The third kappa shape index (κ3) is 3.63. The molecule has 0 fully saturated rings. The second kappa shape index (κ2) is 7.63. The van der Waals surface area contributed by atoms with Crippen molar-refractivity contribution in [3.8, 4) is 5.88 Å². The van der Waals surface area contributed by atoms with E-state index in [1.54, 1.807) is 40.7 Å². The highest BCUT2D eigenvalue weighted by Gasteiger charge is 2.48. The number of amides is 1. The van der Waals surface area contributed by atoms with E-state index in [-0.39, 0.29) is 15.9 Å². The Bertz CT molecular complexity index is 1320. The molecule has 0 aliphatic carbocycles. The number of carbonyl (C=O) groups excluding carboxylic acids is 1. The van der Waals surface area contributed by atoms with E-state index in [9.17, 15) is 4.79 Å². The van der Waals surface area contributed by atoms with Crippen LogP contribution in [0.4, 0.5) is 5.69 Å². The number of hydrogen-bond donors (Lipinski definition) is 2. The zero-order valence-corrected chi connectivity index (χ0v) is 20.4. The Labute approximate surface area is 201 Å². The van der Waals surface area contributed by atoms with Crippen molar-refractivity contribution in [2.24, 2.45) is 10.7 Å². The highest BCUT2D eigenvalue weighted by Crippen LogP contribution is 2.51. The lowest BCUT2D eigenvalue weighted by molar-refractivity contribution is 0.102. The van der Waals surface area contributed by atoms with Crippen LogP contribution in [-0.4, -0.2) is 42.7 Å². The average Bonchev–Trinajstić information content (AvgIpc) is 3.01. The molecule has 3 aromatic rings. The van der Waals surface area contributed by atoms with Gasteiger partial charge >= 0.3 is 0 Å². The largest absolute Gasteiger partial charge is 0.477 e. The van der Waals surface area contributed by atoms with Gasteiger partial charge in [-0.3, -0.25) is 9.79 Å². The van der Waals surface area contributed by atoms with E-state index in [0.29, 0.717) is 46.1 Å². The first-order valence-electron chi connectivity index (χ1n) is 10.7. The second-order valence-electron chi connectivity index (χ2n) is 9.05. The Balaban J connectivity index is 1.51. The third-order valence-electron chi connectivity index (χ3n) is 6.34. The molecular formula is C23H25ClN6O2S. The number of thioether (sulfide) groups is 1. The highest BCUT2D eigenvalue weighted by atomic mass is 35.5. The molecule has 3 N–H and O–H groups in total. The van der Waals surface area contributed by atoms with Gasteiger partial charge < -0.3 is 20.2 Å². The van der Waals surface area contributed by atoms with E-state index in [1.165, 1.54) is 0 Å².